The summed E-state index contributed by atoms with van der Waals surface area (Å²) in [5.74, 6) is -1.04. The second-order valence-electron chi connectivity index (χ2n) is 8.83. The number of sulfonamides is 1. The van der Waals surface area contributed by atoms with E-state index in [0.717, 1.165) is 4.31 Å². The Morgan fingerprint density at radius 1 is 0.850 bits per heavy atom. The summed E-state index contributed by atoms with van der Waals surface area (Å²) >= 11 is 25.5. The van der Waals surface area contributed by atoms with Crippen molar-refractivity contribution in [1.29, 1.82) is 0 Å². The third kappa shape index (κ3) is 7.42. The van der Waals surface area contributed by atoms with Gasteiger partial charge >= 0.3 is 0 Å². The molecule has 0 heterocycles. The Morgan fingerprint density at radius 2 is 1.45 bits per heavy atom. The normalized spacial score (nSPS) is 12.1. The Bertz CT molecular complexity index is 1430. The maximum Gasteiger partial charge on any atom is 0.264 e. The number of hydrogen-bond acceptors (Lipinski definition) is 4. The molecule has 0 unspecified atom stereocenters. The van der Waals surface area contributed by atoms with Crippen LogP contribution in [0.1, 0.15) is 32.3 Å². The van der Waals surface area contributed by atoms with Crippen LogP contribution in [-0.2, 0) is 26.2 Å². The smallest absolute Gasteiger partial charge is 0.264 e. The number of nitrogens with one attached hydrogen (secondary N) is 1. The number of amides is 2. The molecule has 0 saturated carbocycles. The minimum Gasteiger partial charge on any atom is -0.354 e. The van der Waals surface area contributed by atoms with Crippen LogP contribution in [0.2, 0.25) is 20.1 Å². The topological polar surface area (TPSA) is 86.8 Å². The van der Waals surface area contributed by atoms with E-state index >= 15 is 0 Å². The van der Waals surface area contributed by atoms with Crippen LogP contribution in [0.15, 0.2) is 71.6 Å². The van der Waals surface area contributed by atoms with Crippen molar-refractivity contribution in [2.75, 3.05) is 17.4 Å². The fourth-order valence-corrected chi connectivity index (χ4v) is 6.47. The molecule has 3 rings (SSSR count). The van der Waals surface area contributed by atoms with Crippen molar-refractivity contribution in [3.05, 3.63) is 92.4 Å². The molecule has 1 N–H and O–H groups in total. The molecule has 3 aromatic carbocycles. The fraction of sp³-hybridized carbons (Fsp3) is 0.286. The van der Waals surface area contributed by atoms with Crippen LogP contribution in [0.25, 0.3) is 0 Å². The van der Waals surface area contributed by atoms with Crippen LogP contribution in [0.4, 0.5) is 5.69 Å². The Kier molecular flexibility index (Phi) is 11.5. The monoisotopic (exact) mass is 643 g/mol. The van der Waals surface area contributed by atoms with Crippen LogP contribution in [0, 0.1) is 0 Å². The van der Waals surface area contributed by atoms with E-state index in [2.05, 4.69) is 5.32 Å². The van der Waals surface area contributed by atoms with Crippen molar-refractivity contribution < 1.29 is 18.0 Å². The van der Waals surface area contributed by atoms with E-state index in [-0.39, 0.29) is 39.5 Å². The van der Waals surface area contributed by atoms with E-state index in [1.54, 1.807) is 43.3 Å². The fourth-order valence-electron chi connectivity index (χ4n) is 4.06. The van der Waals surface area contributed by atoms with E-state index in [1.807, 2.05) is 6.92 Å². The van der Waals surface area contributed by atoms with Crippen molar-refractivity contribution in [3.63, 3.8) is 0 Å². The third-order valence-electron chi connectivity index (χ3n) is 6.14. The highest BCUT2D eigenvalue weighted by atomic mass is 35.5. The summed E-state index contributed by atoms with van der Waals surface area (Å²) < 4.78 is 28.6. The predicted octanol–water partition coefficient (Wildman–Crippen LogP) is 6.83. The number of halogens is 4. The molecule has 214 valence electrons. The number of anilines is 1. The van der Waals surface area contributed by atoms with E-state index in [1.165, 1.54) is 35.2 Å². The first-order valence-corrected chi connectivity index (χ1v) is 15.5. The molecule has 7 nitrogen and oxygen atoms in total. The van der Waals surface area contributed by atoms with Crippen molar-refractivity contribution in [1.82, 2.24) is 10.2 Å². The van der Waals surface area contributed by atoms with Gasteiger partial charge in [-0.2, -0.15) is 0 Å². The molecule has 3 aromatic rings. The van der Waals surface area contributed by atoms with Gasteiger partial charge in [0.15, 0.2) is 0 Å². The van der Waals surface area contributed by atoms with Crippen LogP contribution in [0.5, 0.6) is 0 Å². The molecule has 0 fully saturated rings. The Labute approximate surface area is 255 Å². The lowest BCUT2D eigenvalue weighted by Crippen LogP contribution is -2.52. The molecule has 0 saturated heterocycles. The van der Waals surface area contributed by atoms with Crippen LogP contribution >= 0.6 is 46.4 Å². The van der Waals surface area contributed by atoms with Crippen molar-refractivity contribution >= 4 is 73.9 Å². The third-order valence-corrected chi connectivity index (χ3v) is 9.43. The van der Waals surface area contributed by atoms with Crippen molar-refractivity contribution in [3.8, 4) is 0 Å². The maximum atomic E-state index is 14.1. The average molecular weight is 645 g/mol. The zero-order valence-electron chi connectivity index (χ0n) is 21.9. The first kappa shape index (κ1) is 32.0. The van der Waals surface area contributed by atoms with Crippen LogP contribution < -0.4 is 9.62 Å². The summed E-state index contributed by atoms with van der Waals surface area (Å²) in [5.41, 5.74) is 0.449. The van der Waals surface area contributed by atoms with Gasteiger partial charge in [0.2, 0.25) is 11.8 Å². The second-order valence-corrected chi connectivity index (χ2v) is 12.3. The zero-order valence-corrected chi connectivity index (χ0v) is 25.8. The first-order valence-electron chi connectivity index (χ1n) is 12.5. The summed E-state index contributed by atoms with van der Waals surface area (Å²) in [6.07, 6.45) is 0.954. The number of rotatable bonds is 12. The number of benzene rings is 3. The molecule has 0 radical (unpaired) electrons. The summed E-state index contributed by atoms with van der Waals surface area (Å²) in [6.45, 7) is 3.29. The number of carbonyl (C=O) groups is 2. The van der Waals surface area contributed by atoms with Gasteiger partial charge in [0, 0.05) is 28.7 Å². The van der Waals surface area contributed by atoms with Gasteiger partial charge in [-0.15, -0.1) is 0 Å². The van der Waals surface area contributed by atoms with Gasteiger partial charge in [-0.25, -0.2) is 8.42 Å². The van der Waals surface area contributed by atoms with E-state index in [0.29, 0.717) is 28.6 Å². The predicted molar refractivity (Wildman–Crippen MR) is 162 cm³/mol. The molecule has 0 bridgehead atoms. The number of nitrogens with zero attached hydrogens (tertiary/aromatic N) is 2. The lowest BCUT2D eigenvalue weighted by atomic mass is 10.1. The second kappa shape index (κ2) is 14.4. The highest BCUT2D eigenvalue weighted by molar-refractivity contribution is 7.92. The summed E-state index contributed by atoms with van der Waals surface area (Å²) in [4.78, 5) is 28.5. The average Bonchev–Trinajstić information content (AvgIpc) is 2.94. The number of carbonyl (C=O) groups excluding carboxylic acids is 2. The molecular formula is C28H29Cl4N3O4S. The maximum absolute atomic E-state index is 14.1. The number of hydrogen-bond donors (Lipinski definition) is 1. The molecule has 0 aliphatic rings. The molecule has 2 amide bonds. The molecule has 0 aliphatic heterocycles. The van der Waals surface area contributed by atoms with Gasteiger partial charge < -0.3 is 10.2 Å². The first-order chi connectivity index (χ1) is 19.0. The summed E-state index contributed by atoms with van der Waals surface area (Å²) in [7, 11) is -4.29. The summed E-state index contributed by atoms with van der Waals surface area (Å²) in [6, 6.07) is 16.2. The van der Waals surface area contributed by atoms with Gasteiger partial charge in [-0.1, -0.05) is 90.6 Å². The van der Waals surface area contributed by atoms with Crippen LogP contribution in [-0.4, -0.2) is 44.3 Å². The van der Waals surface area contributed by atoms with Gasteiger partial charge in [-0.05, 0) is 49.2 Å². The Balaban J connectivity index is 2.12. The molecule has 40 heavy (non-hydrogen) atoms. The van der Waals surface area contributed by atoms with Gasteiger partial charge in [0.1, 0.15) is 12.6 Å². The standard InChI is InChI=1S/C28H29Cl4N3O4S/c1-3-16-33-28(37)24(4-2)34(17-20-21(29)12-8-13-22(20)30)26(36)18-35(25-15-9-14-23(31)27(25)32)40(38,39)19-10-6-5-7-11-19/h5-15,24H,3-4,16-18H2,1-2H3,(H,33,37)/t24-/m1/s1. The van der Waals surface area contributed by atoms with Gasteiger partial charge in [0.25, 0.3) is 10.0 Å². The Morgan fingerprint density at radius 3 is 2.05 bits per heavy atom. The van der Waals surface area contributed by atoms with Gasteiger partial charge in [0.05, 0.1) is 20.6 Å². The Hall–Kier alpha value is -2.49. The molecule has 12 heteroatoms. The zero-order chi connectivity index (χ0) is 29.4. The van der Waals surface area contributed by atoms with E-state index < -0.39 is 28.5 Å². The molecule has 1 atom stereocenters. The molecular weight excluding hydrogens is 616 g/mol. The molecule has 0 spiro atoms. The van der Waals surface area contributed by atoms with E-state index in [9.17, 15) is 18.0 Å². The lowest BCUT2D eigenvalue weighted by molar-refractivity contribution is -0.140. The van der Waals surface area contributed by atoms with Crippen molar-refractivity contribution in [2.24, 2.45) is 0 Å². The highest BCUT2D eigenvalue weighted by Gasteiger charge is 2.35. The van der Waals surface area contributed by atoms with E-state index in [4.69, 9.17) is 46.4 Å². The lowest BCUT2D eigenvalue weighted by Gasteiger charge is -2.33. The molecule has 0 aromatic heterocycles. The minimum absolute atomic E-state index is 0.0191. The summed E-state index contributed by atoms with van der Waals surface area (Å²) in [5, 5.41) is 3.51. The quantitative estimate of drug-likeness (QED) is 0.234. The highest BCUT2D eigenvalue weighted by Crippen LogP contribution is 2.36. The van der Waals surface area contributed by atoms with Gasteiger partial charge in [-0.3, -0.25) is 13.9 Å². The SMILES string of the molecule is CCCNC(=O)[C@@H](CC)N(Cc1c(Cl)cccc1Cl)C(=O)CN(c1cccc(Cl)c1Cl)S(=O)(=O)c1ccccc1. The minimum atomic E-state index is -4.29. The van der Waals surface area contributed by atoms with Crippen molar-refractivity contribution in [2.45, 2.75) is 44.2 Å². The largest absolute Gasteiger partial charge is 0.354 e. The van der Waals surface area contributed by atoms with Crippen LogP contribution in [0.3, 0.4) is 0 Å². The molecule has 0 aliphatic carbocycles.